The molecule has 27 heavy (non-hydrogen) atoms. The minimum atomic E-state index is -2.81. The minimum Gasteiger partial charge on any atom is -0.435 e. The maximum absolute atomic E-state index is 12.2. The minimum absolute atomic E-state index is 0.0507. The van der Waals surface area contributed by atoms with Crippen molar-refractivity contribution < 1.29 is 18.3 Å². The fraction of sp³-hybridized carbons (Fsp3) is 0.650. The molecule has 0 aromatic heterocycles. The van der Waals surface area contributed by atoms with Gasteiger partial charge in [0.1, 0.15) is 5.75 Å². The smallest absolute Gasteiger partial charge is 0.387 e. The van der Waals surface area contributed by atoms with Crippen molar-refractivity contribution >= 4 is 5.91 Å². The van der Waals surface area contributed by atoms with E-state index in [1.54, 1.807) is 12.1 Å². The number of hydrogen-bond donors (Lipinski definition) is 1. The Labute approximate surface area is 159 Å². The lowest BCUT2D eigenvalue weighted by Gasteiger charge is -2.37. The summed E-state index contributed by atoms with van der Waals surface area (Å²) >= 11 is 0. The first-order valence-electron chi connectivity index (χ1n) is 9.87. The maximum atomic E-state index is 12.2. The van der Waals surface area contributed by atoms with Crippen LogP contribution in [0.4, 0.5) is 8.78 Å². The Balaban J connectivity index is 1.35. The second kappa shape index (κ2) is 9.99. The molecule has 150 valence electrons. The van der Waals surface area contributed by atoms with Crippen molar-refractivity contribution in [2.45, 2.75) is 44.8 Å². The highest BCUT2D eigenvalue weighted by Crippen LogP contribution is 2.20. The number of nitrogens with zero attached hydrogens (tertiary/aromatic N) is 2. The summed E-state index contributed by atoms with van der Waals surface area (Å²) in [6, 6.07) is 7.14. The zero-order chi connectivity index (χ0) is 19.1. The van der Waals surface area contributed by atoms with Gasteiger partial charge in [0.25, 0.3) is 0 Å². The molecule has 5 nitrogen and oxygen atoms in total. The van der Waals surface area contributed by atoms with E-state index < -0.39 is 6.61 Å². The molecule has 1 atom stereocenters. The summed E-state index contributed by atoms with van der Waals surface area (Å²) in [4.78, 5) is 17.1. The van der Waals surface area contributed by atoms with E-state index in [-0.39, 0.29) is 11.7 Å². The Bertz CT molecular complexity index is 591. The summed E-state index contributed by atoms with van der Waals surface area (Å²) in [5.74, 6) is 0.199. The third-order valence-electron chi connectivity index (χ3n) is 5.39. The highest BCUT2D eigenvalue weighted by Gasteiger charge is 2.27. The molecule has 2 aliphatic heterocycles. The Kier molecular flexibility index (Phi) is 7.41. The molecule has 2 saturated heterocycles. The number of hydrogen-bond acceptors (Lipinski definition) is 4. The van der Waals surface area contributed by atoms with E-state index >= 15 is 0 Å². The van der Waals surface area contributed by atoms with Crippen molar-refractivity contribution in [1.29, 1.82) is 0 Å². The molecule has 1 aromatic carbocycles. The Morgan fingerprint density at radius 1 is 1.15 bits per heavy atom. The first-order chi connectivity index (χ1) is 13.1. The molecule has 2 aliphatic rings. The molecule has 2 heterocycles. The van der Waals surface area contributed by atoms with Crippen molar-refractivity contribution in [1.82, 2.24) is 15.1 Å². The number of carbonyl (C=O) groups excluding carboxylic acids is 1. The van der Waals surface area contributed by atoms with Gasteiger partial charge in [-0.05, 0) is 69.4 Å². The van der Waals surface area contributed by atoms with Gasteiger partial charge >= 0.3 is 6.61 Å². The second-order valence-electron chi connectivity index (χ2n) is 7.40. The van der Waals surface area contributed by atoms with Gasteiger partial charge in [-0.1, -0.05) is 12.1 Å². The predicted octanol–water partition coefficient (Wildman–Crippen LogP) is 2.51. The fourth-order valence-corrected chi connectivity index (χ4v) is 4.02. The van der Waals surface area contributed by atoms with Crippen LogP contribution in [0.5, 0.6) is 5.75 Å². The SMILES string of the molecule is O=C(CN1CCCC(N2CCCC2)C1)NCCc1ccc(OC(F)F)cc1. The van der Waals surface area contributed by atoms with Crippen LogP contribution in [0.15, 0.2) is 24.3 Å². The number of amides is 1. The number of likely N-dealkylation sites (tertiary alicyclic amines) is 2. The molecule has 2 fully saturated rings. The first kappa shape index (κ1) is 20.0. The number of piperidine rings is 1. The van der Waals surface area contributed by atoms with Crippen LogP contribution in [-0.2, 0) is 11.2 Å². The highest BCUT2D eigenvalue weighted by molar-refractivity contribution is 5.78. The first-order valence-corrected chi connectivity index (χ1v) is 9.87. The molecule has 0 radical (unpaired) electrons. The average Bonchev–Trinajstić information content (AvgIpc) is 3.18. The predicted molar refractivity (Wildman–Crippen MR) is 100 cm³/mol. The number of benzene rings is 1. The normalized spacial score (nSPS) is 21.5. The van der Waals surface area contributed by atoms with E-state index in [0.717, 1.165) is 25.1 Å². The molecule has 1 aromatic rings. The lowest BCUT2D eigenvalue weighted by atomic mass is 10.0. The molecule has 1 amide bonds. The summed E-state index contributed by atoms with van der Waals surface area (Å²) in [5.41, 5.74) is 0.976. The van der Waals surface area contributed by atoms with E-state index in [9.17, 15) is 13.6 Å². The summed E-state index contributed by atoms with van der Waals surface area (Å²) in [6.45, 7) is 2.55. The van der Waals surface area contributed by atoms with Gasteiger partial charge in [-0.25, -0.2) is 0 Å². The number of nitrogens with one attached hydrogen (secondary N) is 1. The molecule has 0 saturated carbocycles. The van der Waals surface area contributed by atoms with E-state index in [2.05, 4.69) is 19.9 Å². The quantitative estimate of drug-likeness (QED) is 0.752. The van der Waals surface area contributed by atoms with Crippen LogP contribution in [0.1, 0.15) is 31.2 Å². The van der Waals surface area contributed by atoms with Gasteiger partial charge in [0, 0.05) is 19.1 Å². The van der Waals surface area contributed by atoms with Crippen LogP contribution >= 0.6 is 0 Å². The van der Waals surface area contributed by atoms with Gasteiger partial charge in [-0.2, -0.15) is 8.78 Å². The van der Waals surface area contributed by atoms with Crippen LogP contribution in [-0.4, -0.2) is 67.6 Å². The average molecular weight is 381 g/mol. The van der Waals surface area contributed by atoms with E-state index in [4.69, 9.17) is 0 Å². The van der Waals surface area contributed by atoms with Crippen molar-refractivity contribution in [3.05, 3.63) is 29.8 Å². The molecule has 0 bridgehead atoms. The van der Waals surface area contributed by atoms with Gasteiger partial charge < -0.3 is 10.1 Å². The zero-order valence-electron chi connectivity index (χ0n) is 15.7. The van der Waals surface area contributed by atoms with Crippen molar-refractivity contribution in [3.63, 3.8) is 0 Å². The number of halogens is 2. The summed E-state index contributed by atoms with van der Waals surface area (Å²) in [7, 11) is 0. The van der Waals surface area contributed by atoms with E-state index in [1.165, 1.54) is 44.5 Å². The summed E-state index contributed by atoms with van der Waals surface area (Å²) < 4.78 is 28.6. The van der Waals surface area contributed by atoms with Crippen LogP contribution in [0, 0.1) is 0 Å². The van der Waals surface area contributed by atoms with E-state index in [1.807, 2.05) is 0 Å². The van der Waals surface area contributed by atoms with Gasteiger partial charge in [0.05, 0.1) is 6.54 Å². The monoisotopic (exact) mass is 381 g/mol. The lowest BCUT2D eigenvalue weighted by Crippen LogP contribution is -2.49. The summed E-state index contributed by atoms with van der Waals surface area (Å²) in [5, 5.41) is 2.96. The molecule has 0 aliphatic carbocycles. The Hall–Kier alpha value is -1.73. The Morgan fingerprint density at radius 3 is 2.59 bits per heavy atom. The fourth-order valence-electron chi connectivity index (χ4n) is 4.02. The standard InChI is InChI=1S/C20H29F2N3O2/c21-20(22)27-18-7-5-16(6-8-18)9-10-23-19(26)15-24-11-3-4-17(14-24)25-12-1-2-13-25/h5-8,17,20H,1-4,9-15H2,(H,23,26). The van der Waals surface area contributed by atoms with E-state index in [0.29, 0.717) is 25.6 Å². The van der Waals surface area contributed by atoms with Gasteiger partial charge in [0.2, 0.25) is 5.91 Å². The number of rotatable bonds is 8. The number of alkyl halides is 2. The van der Waals surface area contributed by atoms with Gasteiger partial charge in [0.15, 0.2) is 0 Å². The zero-order valence-corrected chi connectivity index (χ0v) is 15.7. The van der Waals surface area contributed by atoms with Crippen molar-refractivity contribution in [2.24, 2.45) is 0 Å². The van der Waals surface area contributed by atoms with Crippen molar-refractivity contribution in [2.75, 3.05) is 39.3 Å². The van der Waals surface area contributed by atoms with Gasteiger partial charge in [-0.15, -0.1) is 0 Å². The lowest BCUT2D eigenvalue weighted by molar-refractivity contribution is -0.122. The third-order valence-corrected chi connectivity index (χ3v) is 5.39. The molecular formula is C20H29F2N3O2. The van der Waals surface area contributed by atoms with Crippen LogP contribution < -0.4 is 10.1 Å². The molecule has 1 unspecified atom stereocenters. The Morgan fingerprint density at radius 2 is 1.89 bits per heavy atom. The third kappa shape index (κ3) is 6.43. The summed E-state index contributed by atoms with van der Waals surface area (Å²) in [6.07, 6.45) is 5.65. The number of carbonyl (C=O) groups is 1. The van der Waals surface area contributed by atoms with Crippen LogP contribution in [0.25, 0.3) is 0 Å². The number of ether oxygens (including phenoxy) is 1. The highest BCUT2D eigenvalue weighted by atomic mass is 19.3. The van der Waals surface area contributed by atoms with Crippen molar-refractivity contribution in [3.8, 4) is 5.75 Å². The molecule has 1 N–H and O–H groups in total. The molecule has 7 heteroatoms. The molecular weight excluding hydrogens is 352 g/mol. The molecule has 3 rings (SSSR count). The molecule has 0 spiro atoms. The topological polar surface area (TPSA) is 44.8 Å². The maximum Gasteiger partial charge on any atom is 0.387 e. The van der Waals surface area contributed by atoms with Gasteiger partial charge in [-0.3, -0.25) is 14.6 Å². The van der Waals surface area contributed by atoms with Crippen LogP contribution in [0.2, 0.25) is 0 Å². The van der Waals surface area contributed by atoms with Crippen LogP contribution in [0.3, 0.4) is 0 Å². The largest absolute Gasteiger partial charge is 0.435 e. The second-order valence-corrected chi connectivity index (χ2v) is 7.40.